The van der Waals surface area contributed by atoms with Gasteiger partial charge in [-0.05, 0) is 44.0 Å². The van der Waals surface area contributed by atoms with E-state index in [-0.39, 0.29) is 11.9 Å². The van der Waals surface area contributed by atoms with E-state index >= 15 is 0 Å². The van der Waals surface area contributed by atoms with Crippen molar-refractivity contribution in [1.29, 1.82) is 0 Å². The number of hydrogen-bond donors (Lipinski definition) is 1. The molecule has 0 saturated carbocycles. The minimum Gasteiger partial charge on any atom is -0.348 e. The second-order valence-electron chi connectivity index (χ2n) is 6.33. The van der Waals surface area contributed by atoms with Crippen molar-refractivity contribution in [3.8, 4) is 5.69 Å². The van der Waals surface area contributed by atoms with E-state index in [1.54, 1.807) is 23.1 Å². The molecule has 0 fully saturated rings. The lowest BCUT2D eigenvalue weighted by molar-refractivity contribution is 0.0933. The first-order valence-electron chi connectivity index (χ1n) is 8.91. The predicted molar refractivity (Wildman–Crippen MR) is 110 cm³/mol. The molecule has 1 aromatic carbocycles. The number of amides is 1. The van der Waals surface area contributed by atoms with Crippen LogP contribution in [-0.4, -0.2) is 36.9 Å². The Hall–Kier alpha value is -2.45. The third-order valence-corrected chi connectivity index (χ3v) is 5.54. The molecule has 0 bridgehead atoms. The lowest BCUT2D eigenvalue weighted by Crippen LogP contribution is -2.32. The lowest BCUT2D eigenvalue weighted by atomic mass is 10.2. The zero-order valence-electron chi connectivity index (χ0n) is 15.9. The third-order valence-electron chi connectivity index (χ3n) is 4.25. The summed E-state index contributed by atoms with van der Waals surface area (Å²) in [5.41, 5.74) is 2.67. The minimum absolute atomic E-state index is 0.0458. The first-order chi connectivity index (χ1) is 13.5. The Bertz CT molecular complexity index is 962. The Morgan fingerprint density at radius 3 is 2.75 bits per heavy atom. The van der Waals surface area contributed by atoms with Crippen LogP contribution < -0.4 is 5.32 Å². The summed E-state index contributed by atoms with van der Waals surface area (Å²) in [6.45, 7) is 5.90. The topological polar surface area (TPSA) is 85.6 Å². The molecule has 146 valence electrons. The van der Waals surface area contributed by atoms with Crippen LogP contribution in [0.1, 0.15) is 42.0 Å². The van der Waals surface area contributed by atoms with E-state index in [0.29, 0.717) is 27.3 Å². The van der Waals surface area contributed by atoms with Crippen LogP contribution >= 0.6 is 23.4 Å². The zero-order valence-corrected chi connectivity index (χ0v) is 17.5. The molecule has 0 radical (unpaired) electrons. The lowest BCUT2D eigenvalue weighted by Gasteiger charge is -2.12. The fourth-order valence-corrected chi connectivity index (χ4v) is 3.39. The van der Waals surface area contributed by atoms with Gasteiger partial charge < -0.3 is 5.32 Å². The van der Waals surface area contributed by atoms with Crippen LogP contribution in [0.4, 0.5) is 0 Å². The summed E-state index contributed by atoms with van der Waals surface area (Å²) in [6.07, 6.45) is 4.19. The van der Waals surface area contributed by atoms with Crippen LogP contribution in [-0.2, 0) is 5.75 Å². The van der Waals surface area contributed by atoms with Crippen molar-refractivity contribution in [2.75, 3.05) is 0 Å². The molecule has 9 heteroatoms. The molecule has 1 unspecified atom stereocenters. The molecular formula is C19H21ClN6OS. The van der Waals surface area contributed by atoms with Crippen molar-refractivity contribution < 1.29 is 4.79 Å². The highest BCUT2D eigenvalue weighted by molar-refractivity contribution is 7.98. The van der Waals surface area contributed by atoms with Crippen molar-refractivity contribution >= 4 is 29.3 Å². The number of halogens is 1. The van der Waals surface area contributed by atoms with Crippen LogP contribution in [0.15, 0.2) is 41.8 Å². The van der Waals surface area contributed by atoms with Crippen molar-refractivity contribution in [2.24, 2.45) is 0 Å². The third kappa shape index (κ3) is 4.69. The van der Waals surface area contributed by atoms with E-state index in [4.69, 9.17) is 11.6 Å². The molecule has 7 nitrogen and oxygen atoms in total. The number of benzene rings is 1. The Labute approximate surface area is 172 Å². The van der Waals surface area contributed by atoms with Crippen LogP contribution in [0.5, 0.6) is 0 Å². The number of hydrogen-bond acceptors (Lipinski definition) is 6. The monoisotopic (exact) mass is 416 g/mol. The Morgan fingerprint density at radius 2 is 2.07 bits per heavy atom. The van der Waals surface area contributed by atoms with E-state index in [9.17, 15) is 4.79 Å². The maximum absolute atomic E-state index is 12.7. The first kappa shape index (κ1) is 20.3. The highest BCUT2D eigenvalue weighted by Crippen LogP contribution is 2.25. The smallest absolute Gasteiger partial charge is 0.274 e. The van der Waals surface area contributed by atoms with Crippen LogP contribution in [0, 0.1) is 6.92 Å². The summed E-state index contributed by atoms with van der Waals surface area (Å²) in [5.74, 6) is 0.189. The quantitative estimate of drug-likeness (QED) is 0.465. The van der Waals surface area contributed by atoms with Crippen LogP contribution in [0.3, 0.4) is 0 Å². The molecule has 0 aliphatic carbocycles. The summed E-state index contributed by atoms with van der Waals surface area (Å²) in [4.78, 5) is 21.2. The van der Waals surface area contributed by atoms with Gasteiger partial charge in [0, 0.05) is 29.2 Å². The van der Waals surface area contributed by atoms with E-state index in [2.05, 4.69) is 25.6 Å². The normalized spacial score (nSPS) is 12.0. The highest BCUT2D eigenvalue weighted by atomic mass is 35.5. The second-order valence-corrected chi connectivity index (χ2v) is 7.68. The Kier molecular flexibility index (Phi) is 6.64. The molecule has 1 atom stereocenters. The van der Waals surface area contributed by atoms with Crippen molar-refractivity contribution in [3.63, 3.8) is 0 Å². The number of thioether (sulfide) groups is 1. The molecule has 3 rings (SSSR count). The van der Waals surface area contributed by atoms with Gasteiger partial charge in [-0.3, -0.25) is 4.79 Å². The van der Waals surface area contributed by atoms with Gasteiger partial charge in [-0.25, -0.2) is 14.6 Å². The van der Waals surface area contributed by atoms with E-state index in [0.717, 1.165) is 17.7 Å². The van der Waals surface area contributed by atoms with Gasteiger partial charge in [0.05, 0.1) is 11.4 Å². The maximum Gasteiger partial charge on any atom is 0.274 e. The molecule has 2 aromatic heterocycles. The van der Waals surface area contributed by atoms with Gasteiger partial charge in [0.1, 0.15) is 0 Å². The van der Waals surface area contributed by atoms with E-state index < -0.39 is 0 Å². The van der Waals surface area contributed by atoms with Gasteiger partial charge in [0.2, 0.25) is 0 Å². The van der Waals surface area contributed by atoms with Crippen molar-refractivity contribution in [1.82, 2.24) is 30.3 Å². The molecule has 3 aromatic rings. The molecule has 0 aliphatic heterocycles. The van der Waals surface area contributed by atoms with Gasteiger partial charge in [-0.1, -0.05) is 41.6 Å². The summed E-state index contributed by atoms with van der Waals surface area (Å²) < 4.78 is 1.65. The summed E-state index contributed by atoms with van der Waals surface area (Å²) in [5, 5.41) is 12.6. The molecule has 0 saturated heterocycles. The van der Waals surface area contributed by atoms with Crippen LogP contribution in [0.2, 0.25) is 5.02 Å². The van der Waals surface area contributed by atoms with Gasteiger partial charge in [0.15, 0.2) is 10.9 Å². The van der Waals surface area contributed by atoms with Gasteiger partial charge in [-0.15, -0.1) is 5.10 Å². The summed E-state index contributed by atoms with van der Waals surface area (Å²) >= 11 is 7.69. The van der Waals surface area contributed by atoms with Crippen LogP contribution in [0.25, 0.3) is 5.69 Å². The van der Waals surface area contributed by atoms with E-state index in [1.165, 1.54) is 11.8 Å². The number of rotatable bonds is 7. The number of carbonyl (C=O) groups excluding carboxylic acids is 1. The fourth-order valence-electron chi connectivity index (χ4n) is 2.42. The SMILES string of the molecule is CCC(C)NC(=O)c1nnn(-c2ccc(C)c(Cl)c2)c1CSc1ncccn1. The summed E-state index contributed by atoms with van der Waals surface area (Å²) in [7, 11) is 0. The Balaban J connectivity index is 1.96. The average Bonchev–Trinajstić information content (AvgIpc) is 3.13. The molecule has 0 spiro atoms. The molecule has 1 N–H and O–H groups in total. The Morgan fingerprint density at radius 1 is 1.32 bits per heavy atom. The second kappa shape index (κ2) is 9.16. The zero-order chi connectivity index (χ0) is 20.1. The number of aromatic nitrogens is 5. The summed E-state index contributed by atoms with van der Waals surface area (Å²) in [6, 6.07) is 7.43. The minimum atomic E-state index is -0.247. The largest absolute Gasteiger partial charge is 0.348 e. The molecule has 28 heavy (non-hydrogen) atoms. The maximum atomic E-state index is 12.7. The fraction of sp³-hybridized carbons (Fsp3) is 0.316. The number of nitrogens with zero attached hydrogens (tertiary/aromatic N) is 5. The number of carbonyl (C=O) groups is 1. The number of aryl methyl sites for hydroxylation is 1. The molecular weight excluding hydrogens is 396 g/mol. The molecule has 2 heterocycles. The van der Waals surface area contributed by atoms with Gasteiger partial charge in [-0.2, -0.15) is 0 Å². The standard InChI is InChI=1S/C19H21ClN6OS/c1-4-13(3)23-18(27)17-16(11-28-19-21-8-5-9-22-19)26(25-24-17)14-7-6-12(2)15(20)10-14/h5-10,13H,4,11H2,1-3H3,(H,23,27). The number of nitrogens with one attached hydrogen (secondary N) is 1. The van der Waals surface area contributed by atoms with Crippen molar-refractivity contribution in [3.05, 3.63) is 58.6 Å². The first-order valence-corrected chi connectivity index (χ1v) is 10.3. The molecule has 0 aliphatic rings. The molecule has 1 amide bonds. The average molecular weight is 417 g/mol. The van der Waals surface area contributed by atoms with E-state index in [1.807, 2.05) is 39.0 Å². The van der Waals surface area contributed by atoms with Gasteiger partial charge >= 0.3 is 0 Å². The predicted octanol–water partition coefficient (Wildman–Crippen LogP) is 3.84. The van der Waals surface area contributed by atoms with Gasteiger partial charge in [0.25, 0.3) is 5.91 Å². The van der Waals surface area contributed by atoms with Crippen molar-refractivity contribution in [2.45, 2.75) is 44.1 Å². The highest BCUT2D eigenvalue weighted by Gasteiger charge is 2.22.